The van der Waals surface area contributed by atoms with E-state index in [-0.39, 0.29) is 0 Å². The maximum absolute atomic E-state index is 12.7. The summed E-state index contributed by atoms with van der Waals surface area (Å²) in [5.74, 6) is 0. The Hall–Kier alpha value is -2.76. The van der Waals surface area contributed by atoms with Crippen LogP contribution in [-0.2, 0) is 12.6 Å². The smallest absolute Gasteiger partial charge is 0.256 e. The predicted molar refractivity (Wildman–Crippen MR) is 84.8 cm³/mol. The second-order valence-electron chi connectivity index (χ2n) is 5.46. The molecule has 0 fully saturated rings. The molecule has 1 unspecified atom stereocenters. The zero-order valence-corrected chi connectivity index (χ0v) is 12.6. The number of hydrogen-bond donors (Lipinski definition) is 1. The predicted octanol–water partition coefficient (Wildman–Crippen LogP) is 5.57. The number of para-hydroxylation sites is 1. The molecule has 3 aromatic rings. The van der Waals surface area contributed by atoms with Crippen LogP contribution in [0.5, 0.6) is 0 Å². The molecule has 1 aromatic heterocycles. The van der Waals surface area contributed by atoms with Gasteiger partial charge in [0.1, 0.15) is 0 Å². The molecule has 0 amide bonds. The molecule has 1 atom stereocenters. The van der Waals surface area contributed by atoms with E-state index >= 15 is 0 Å². The van der Waals surface area contributed by atoms with Crippen molar-refractivity contribution in [3.63, 3.8) is 0 Å². The highest BCUT2D eigenvalue weighted by molar-refractivity contribution is 5.81. The average Bonchev–Trinajstić information content (AvgIpc) is 2.59. The number of rotatable bonds is 4. The molecule has 0 aliphatic rings. The van der Waals surface area contributed by atoms with E-state index in [1.165, 1.54) is 12.1 Å². The number of hydrogen-bond acceptors (Lipinski definition) is 3. The van der Waals surface area contributed by atoms with Gasteiger partial charge in [-0.3, -0.25) is 4.98 Å². The lowest BCUT2D eigenvalue weighted by Crippen LogP contribution is -2.06. The van der Waals surface area contributed by atoms with E-state index in [0.29, 0.717) is 12.0 Å². The van der Waals surface area contributed by atoms with Crippen molar-refractivity contribution in [1.82, 2.24) is 4.98 Å². The fraction of sp³-hybridized carbons (Fsp3) is 0.167. The van der Waals surface area contributed by atoms with E-state index < -0.39 is 17.8 Å². The molecule has 24 heavy (non-hydrogen) atoms. The second-order valence-corrected chi connectivity index (χ2v) is 5.46. The zero-order valence-electron chi connectivity index (χ0n) is 12.6. The van der Waals surface area contributed by atoms with Crippen molar-refractivity contribution in [3.05, 3.63) is 77.5 Å². The Balaban J connectivity index is 1.90. The van der Waals surface area contributed by atoms with Gasteiger partial charge >= 0.3 is 6.18 Å². The molecule has 1 heterocycles. The summed E-state index contributed by atoms with van der Waals surface area (Å²) in [7, 11) is 0. The van der Waals surface area contributed by atoms with Gasteiger partial charge in [-0.15, -0.1) is 0 Å². The van der Waals surface area contributed by atoms with Gasteiger partial charge in [0.15, 0.2) is 0 Å². The summed E-state index contributed by atoms with van der Waals surface area (Å²) in [5.41, 5.74) is 9.10. The summed E-state index contributed by atoms with van der Waals surface area (Å²) < 4.78 is 38.0. The first-order valence-corrected chi connectivity index (χ1v) is 7.35. The standard InChI is InChI=1S/C18H14F3N3/c19-18(20,21)14-7-5-12(6-8-14)17(24-22)11-13-9-10-23-16-4-2-1-3-15(13)16/h1-10,17,22H,11H2. The summed E-state index contributed by atoms with van der Waals surface area (Å²) in [6.45, 7) is 0. The molecule has 0 aliphatic carbocycles. The Morgan fingerprint density at radius 1 is 1.00 bits per heavy atom. The van der Waals surface area contributed by atoms with Crippen LogP contribution in [0, 0.1) is 5.53 Å². The molecule has 0 saturated heterocycles. The number of aromatic nitrogens is 1. The summed E-state index contributed by atoms with van der Waals surface area (Å²) in [5, 5.41) is 4.56. The number of nitrogens with zero attached hydrogens (tertiary/aromatic N) is 2. The minimum atomic E-state index is -4.37. The highest BCUT2D eigenvalue weighted by atomic mass is 19.4. The Morgan fingerprint density at radius 3 is 2.38 bits per heavy atom. The van der Waals surface area contributed by atoms with Crippen LogP contribution in [0.15, 0.2) is 65.9 Å². The van der Waals surface area contributed by atoms with Crippen molar-refractivity contribution in [2.45, 2.75) is 18.6 Å². The van der Waals surface area contributed by atoms with Gasteiger partial charge in [0.25, 0.3) is 0 Å². The van der Waals surface area contributed by atoms with Crippen LogP contribution in [0.25, 0.3) is 10.9 Å². The monoisotopic (exact) mass is 329 g/mol. The summed E-state index contributed by atoms with van der Waals surface area (Å²) in [6.07, 6.45) is -2.25. The van der Waals surface area contributed by atoms with Gasteiger partial charge in [-0.25, -0.2) is 5.53 Å². The molecule has 3 rings (SSSR count). The van der Waals surface area contributed by atoms with Gasteiger partial charge in [-0.1, -0.05) is 30.3 Å². The van der Waals surface area contributed by atoms with Gasteiger partial charge in [0, 0.05) is 18.0 Å². The quantitative estimate of drug-likeness (QED) is 0.625. The third-order valence-corrected chi connectivity index (χ3v) is 3.93. The van der Waals surface area contributed by atoms with Crippen LogP contribution in [0.2, 0.25) is 0 Å². The van der Waals surface area contributed by atoms with Gasteiger partial charge in [0.05, 0.1) is 17.1 Å². The van der Waals surface area contributed by atoms with E-state index in [9.17, 15) is 13.2 Å². The topological polar surface area (TPSA) is 49.1 Å². The molecular weight excluding hydrogens is 315 g/mol. The largest absolute Gasteiger partial charge is 0.416 e. The SMILES string of the molecule is N=NC(Cc1ccnc2ccccc12)c1ccc(C(F)(F)F)cc1. The van der Waals surface area contributed by atoms with Gasteiger partial charge < -0.3 is 0 Å². The van der Waals surface area contributed by atoms with E-state index in [1.54, 1.807) is 6.20 Å². The maximum atomic E-state index is 12.7. The molecule has 0 spiro atoms. The zero-order chi connectivity index (χ0) is 17.2. The maximum Gasteiger partial charge on any atom is 0.416 e. The van der Waals surface area contributed by atoms with Gasteiger partial charge in [0.2, 0.25) is 0 Å². The van der Waals surface area contributed by atoms with Crippen molar-refractivity contribution in [1.29, 1.82) is 5.53 Å². The third-order valence-electron chi connectivity index (χ3n) is 3.93. The van der Waals surface area contributed by atoms with Crippen molar-refractivity contribution in [2.75, 3.05) is 0 Å². The molecule has 0 radical (unpaired) electrons. The van der Waals surface area contributed by atoms with E-state index in [4.69, 9.17) is 5.53 Å². The van der Waals surface area contributed by atoms with E-state index in [0.717, 1.165) is 28.6 Å². The van der Waals surface area contributed by atoms with Crippen LogP contribution in [0.1, 0.15) is 22.7 Å². The number of benzene rings is 2. The number of pyridine rings is 1. The minimum Gasteiger partial charge on any atom is -0.256 e. The molecule has 0 bridgehead atoms. The molecule has 1 N–H and O–H groups in total. The number of alkyl halides is 3. The lowest BCUT2D eigenvalue weighted by Gasteiger charge is -2.14. The molecule has 6 heteroatoms. The van der Waals surface area contributed by atoms with Crippen molar-refractivity contribution < 1.29 is 13.2 Å². The third kappa shape index (κ3) is 3.27. The Kier molecular flexibility index (Phi) is 4.29. The Morgan fingerprint density at radius 2 is 1.71 bits per heavy atom. The fourth-order valence-corrected chi connectivity index (χ4v) is 2.67. The number of nitrogens with one attached hydrogen (secondary N) is 1. The normalized spacial score (nSPS) is 13.0. The first kappa shape index (κ1) is 16.1. The van der Waals surface area contributed by atoms with Crippen molar-refractivity contribution in [2.24, 2.45) is 5.11 Å². The molecular formula is C18H14F3N3. The first-order valence-electron chi connectivity index (χ1n) is 7.35. The second kappa shape index (κ2) is 6.39. The van der Waals surface area contributed by atoms with Crippen LogP contribution < -0.4 is 0 Å². The highest BCUT2D eigenvalue weighted by Crippen LogP contribution is 2.31. The van der Waals surface area contributed by atoms with Crippen LogP contribution in [0.3, 0.4) is 0 Å². The van der Waals surface area contributed by atoms with Gasteiger partial charge in [-0.2, -0.15) is 18.3 Å². The summed E-state index contributed by atoms with van der Waals surface area (Å²) in [6, 6.07) is 13.8. The van der Waals surface area contributed by atoms with Crippen molar-refractivity contribution in [3.8, 4) is 0 Å². The number of halogens is 3. The molecule has 3 nitrogen and oxygen atoms in total. The minimum absolute atomic E-state index is 0.428. The van der Waals surface area contributed by atoms with Crippen LogP contribution in [0.4, 0.5) is 13.2 Å². The van der Waals surface area contributed by atoms with Crippen LogP contribution in [-0.4, -0.2) is 4.98 Å². The Bertz CT molecular complexity index is 852. The first-order chi connectivity index (χ1) is 11.5. The molecule has 0 saturated carbocycles. The van der Waals surface area contributed by atoms with Crippen molar-refractivity contribution >= 4 is 10.9 Å². The fourth-order valence-electron chi connectivity index (χ4n) is 2.67. The molecule has 0 aliphatic heterocycles. The highest BCUT2D eigenvalue weighted by Gasteiger charge is 2.30. The lowest BCUT2D eigenvalue weighted by molar-refractivity contribution is -0.137. The lowest BCUT2D eigenvalue weighted by atomic mass is 9.96. The van der Waals surface area contributed by atoms with E-state index in [1.807, 2.05) is 30.3 Å². The molecule has 122 valence electrons. The average molecular weight is 329 g/mol. The Labute approximate surface area is 136 Å². The molecule has 2 aromatic carbocycles. The number of fused-ring (bicyclic) bond motifs is 1. The van der Waals surface area contributed by atoms with E-state index in [2.05, 4.69) is 10.1 Å². The summed E-state index contributed by atoms with van der Waals surface area (Å²) >= 11 is 0. The van der Waals surface area contributed by atoms with Crippen LogP contribution >= 0.6 is 0 Å². The summed E-state index contributed by atoms with van der Waals surface area (Å²) in [4.78, 5) is 4.28. The van der Waals surface area contributed by atoms with Gasteiger partial charge in [-0.05, 0) is 35.4 Å².